The van der Waals surface area contributed by atoms with Crippen LogP contribution >= 0.6 is 35.3 Å². The van der Waals surface area contributed by atoms with Crippen LogP contribution in [0.5, 0.6) is 17.2 Å². The Balaban J connectivity index is 0.000000158. The van der Waals surface area contributed by atoms with E-state index >= 15 is 0 Å². The van der Waals surface area contributed by atoms with Gasteiger partial charge in [0.2, 0.25) is 11.8 Å². The average molecular weight is 1050 g/mol. The third-order valence-corrected chi connectivity index (χ3v) is 16.6. The number of amides is 6. The molecule has 6 amide bonds. The van der Waals surface area contributed by atoms with Crippen molar-refractivity contribution in [1.82, 2.24) is 30.7 Å². The van der Waals surface area contributed by atoms with Crippen molar-refractivity contribution in [2.24, 2.45) is 0 Å². The number of nitrogens with one attached hydrogen (secondary N) is 3. The Bertz CT molecular complexity index is 2530. The van der Waals surface area contributed by atoms with E-state index in [-0.39, 0.29) is 53.5 Å². The van der Waals surface area contributed by atoms with E-state index in [1.54, 1.807) is 107 Å². The van der Waals surface area contributed by atoms with Gasteiger partial charge in [-0.3, -0.25) is 33.7 Å². The number of para-hydroxylation sites is 3. The molecule has 6 aliphatic rings. The summed E-state index contributed by atoms with van der Waals surface area (Å²) in [4.78, 5) is 111. The fraction of sp³-hybridized carbons (Fsp3) is 0.396. The summed E-state index contributed by atoms with van der Waals surface area (Å²) in [5.41, 5.74) is 0.670. The van der Waals surface area contributed by atoms with Crippen molar-refractivity contribution in [3.05, 3.63) is 102 Å². The average Bonchev–Trinajstić information content (AvgIpc) is 3.77. The minimum Gasteiger partial charge on any atom is -0.484 e. The lowest BCUT2D eigenvalue weighted by molar-refractivity contribution is -0.161. The van der Waals surface area contributed by atoms with Crippen molar-refractivity contribution < 1.29 is 72.7 Å². The lowest BCUT2D eigenvalue weighted by Crippen LogP contribution is -2.70. The van der Waals surface area contributed by atoms with Gasteiger partial charge in [0.1, 0.15) is 69.3 Å². The molecule has 6 heterocycles. The third-order valence-electron chi connectivity index (χ3n) is 12.0. The smallest absolute Gasteiger partial charge is 0.352 e. The van der Waals surface area contributed by atoms with Crippen LogP contribution in [0.3, 0.4) is 0 Å². The molecule has 21 nitrogen and oxygen atoms in total. The number of thioether (sulfide) groups is 3. The molecule has 9 rings (SSSR count). The van der Waals surface area contributed by atoms with Gasteiger partial charge in [-0.1, -0.05) is 54.6 Å². The Hall–Kier alpha value is -6.92. The van der Waals surface area contributed by atoms with Gasteiger partial charge in [0.05, 0.1) is 0 Å². The number of nitrogens with zero attached hydrogens (tertiary/aromatic N) is 3. The predicted molar refractivity (Wildman–Crippen MR) is 262 cm³/mol. The van der Waals surface area contributed by atoms with Gasteiger partial charge < -0.3 is 55.3 Å². The molecule has 8 atom stereocenters. The van der Waals surface area contributed by atoms with Crippen LogP contribution in [0.2, 0.25) is 0 Å². The molecule has 0 aliphatic carbocycles. The first-order valence-electron chi connectivity index (χ1n) is 22.4. The molecule has 3 aromatic rings. The third kappa shape index (κ3) is 11.2. The first-order valence-corrected chi connectivity index (χ1v) is 25.2. The van der Waals surface area contributed by atoms with Crippen LogP contribution in [0.1, 0.15) is 34.6 Å². The van der Waals surface area contributed by atoms with Crippen LogP contribution in [0, 0.1) is 0 Å². The fourth-order valence-corrected chi connectivity index (χ4v) is 13.3. The highest BCUT2D eigenvalue weighted by molar-refractivity contribution is 8.02. The first-order chi connectivity index (χ1) is 34.1. The number of carbonyl (C=O) groups is 9. The van der Waals surface area contributed by atoms with Crippen molar-refractivity contribution in [2.75, 3.05) is 25.6 Å². The maximum absolute atomic E-state index is 12.2. The molecule has 0 spiro atoms. The second-order valence-corrected chi connectivity index (χ2v) is 22.6. The van der Waals surface area contributed by atoms with E-state index < -0.39 is 81.2 Å². The number of hydrogen-bond donors (Lipinski definition) is 6. The second kappa shape index (κ2) is 21.8. The number of hydrogen-bond acceptors (Lipinski definition) is 15. The second-order valence-electron chi connectivity index (χ2n) is 18.0. The number of carbonyl (C=O) groups excluding carboxylic acids is 6. The molecule has 3 aromatic carbocycles. The van der Waals surface area contributed by atoms with Gasteiger partial charge in [-0.15, -0.1) is 35.3 Å². The molecule has 6 aliphatic heterocycles. The van der Waals surface area contributed by atoms with Crippen molar-refractivity contribution in [1.29, 1.82) is 0 Å². The molecular formula is C48H52N6O15S3. The van der Waals surface area contributed by atoms with Gasteiger partial charge in [-0.05, 0) is 76.6 Å². The normalized spacial score (nSPS) is 25.6. The van der Waals surface area contributed by atoms with Crippen LogP contribution in [-0.4, -0.2) is 165 Å². The highest BCUT2D eigenvalue weighted by atomic mass is 32.2. The lowest BCUT2D eigenvalue weighted by atomic mass is 9.96. The van der Waals surface area contributed by atoms with Crippen molar-refractivity contribution in [3.8, 4) is 17.2 Å². The quantitative estimate of drug-likeness (QED) is 0.119. The summed E-state index contributed by atoms with van der Waals surface area (Å²) in [6.07, 6.45) is 0. The topological polar surface area (TPSA) is 288 Å². The zero-order valence-electron chi connectivity index (χ0n) is 39.4. The van der Waals surface area contributed by atoms with Crippen molar-refractivity contribution >= 4 is 88.6 Å². The Morgan fingerprint density at radius 3 is 1.21 bits per heavy atom. The van der Waals surface area contributed by atoms with Gasteiger partial charge in [-0.2, -0.15) is 0 Å². The molecule has 382 valence electrons. The van der Waals surface area contributed by atoms with Gasteiger partial charge >= 0.3 is 17.9 Å². The summed E-state index contributed by atoms with van der Waals surface area (Å²) in [6.45, 7) is 8.26. The van der Waals surface area contributed by atoms with Crippen molar-refractivity contribution in [3.63, 3.8) is 0 Å². The minimum absolute atomic E-state index is 0.0229. The van der Waals surface area contributed by atoms with E-state index in [1.807, 2.05) is 18.2 Å². The van der Waals surface area contributed by atoms with Gasteiger partial charge in [-0.25, -0.2) is 14.4 Å². The van der Waals surface area contributed by atoms with Gasteiger partial charge in [0.25, 0.3) is 23.6 Å². The molecular weight excluding hydrogens is 997 g/mol. The Morgan fingerprint density at radius 2 is 0.889 bits per heavy atom. The molecule has 0 radical (unpaired) electrons. The number of β-lactam (4-membered cyclic amide) rings is 3. The Labute approximate surface area is 425 Å². The van der Waals surface area contributed by atoms with Gasteiger partial charge in [0.15, 0.2) is 19.8 Å². The van der Waals surface area contributed by atoms with Crippen LogP contribution < -0.4 is 30.2 Å². The van der Waals surface area contributed by atoms with E-state index in [0.29, 0.717) is 28.6 Å². The molecule has 0 aromatic heterocycles. The number of carboxylic acids is 3. The maximum Gasteiger partial charge on any atom is 0.352 e. The lowest BCUT2D eigenvalue weighted by Gasteiger charge is -2.49. The summed E-state index contributed by atoms with van der Waals surface area (Å²) in [7, 11) is 0. The highest BCUT2D eigenvalue weighted by Crippen LogP contribution is 2.52. The van der Waals surface area contributed by atoms with E-state index in [1.165, 1.54) is 50.0 Å². The van der Waals surface area contributed by atoms with Crippen LogP contribution in [0.4, 0.5) is 0 Å². The summed E-state index contributed by atoms with van der Waals surface area (Å²) < 4.78 is 14.8. The standard InChI is InChI=1S/2C16H18N2O5S.C16H16N2O5S/c2*1-16(2)12(15(21)22)18-13(20)11(14(18)24-16)17-10(19)8-23-9-6-4-3-5-7-9;1-9-8-24-15-12(14(20)18(15)13(9)16(21)22)17-11(19)7-23-10-5-3-2-4-6-10/h2*3-7,11-12,14H,8H2,1-2H3,(H,17,19)(H,21,22);2-6,12,15H,7-8H2,1H3,(H,17,19)(H,21,22). The molecule has 24 heteroatoms. The minimum atomic E-state index is -1.12. The number of rotatable bonds is 15. The van der Waals surface area contributed by atoms with Crippen LogP contribution in [0.15, 0.2) is 102 Å². The summed E-state index contributed by atoms with van der Waals surface area (Å²) in [5.74, 6) is -3.33. The molecule has 5 saturated heterocycles. The summed E-state index contributed by atoms with van der Waals surface area (Å²) >= 11 is 4.22. The van der Waals surface area contributed by atoms with E-state index in [2.05, 4.69) is 16.0 Å². The first kappa shape index (κ1) is 52.9. The summed E-state index contributed by atoms with van der Waals surface area (Å²) in [5, 5.41) is 34.8. The zero-order valence-corrected chi connectivity index (χ0v) is 41.9. The largest absolute Gasteiger partial charge is 0.484 e. The number of ether oxygens (including phenoxy) is 3. The van der Waals surface area contributed by atoms with Crippen molar-refractivity contribution in [2.45, 2.75) is 90.4 Å². The molecule has 0 bridgehead atoms. The molecule has 72 heavy (non-hydrogen) atoms. The predicted octanol–water partition coefficient (Wildman–Crippen LogP) is 2.22. The Kier molecular flexibility index (Phi) is 16.0. The van der Waals surface area contributed by atoms with E-state index in [4.69, 9.17) is 14.2 Å². The zero-order chi connectivity index (χ0) is 52.2. The Morgan fingerprint density at radius 1 is 0.556 bits per heavy atom. The molecule has 8 unspecified atom stereocenters. The van der Waals surface area contributed by atoms with E-state index in [0.717, 1.165) is 0 Å². The maximum atomic E-state index is 12.2. The van der Waals surface area contributed by atoms with E-state index in [9.17, 15) is 58.5 Å². The molecule has 5 fully saturated rings. The number of fused-ring (bicyclic) bond motifs is 3. The summed E-state index contributed by atoms with van der Waals surface area (Å²) in [6, 6.07) is 22.8. The highest BCUT2D eigenvalue weighted by Gasteiger charge is 2.65. The molecule has 0 saturated carbocycles. The van der Waals surface area contributed by atoms with Gasteiger partial charge in [0, 0.05) is 15.2 Å². The number of carboxylic acid groups (broad SMARTS) is 3. The monoisotopic (exact) mass is 1050 g/mol. The van der Waals surface area contributed by atoms with Crippen LogP contribution in [-0.2, 0) is 43.2 Å². The fourth-order valence-electron chi connectivity index (χ4n) is 8.71. The number of benzene rings is 3. The molecule has 6 N–H and O–H groups in total. The number of aliphatic carboxylic acids is 3. The van der Waals surface area contributed by atoms with Crippen LogP contribution in [0.25, 0.3) is 0 Å². The SMILES string of the molecule is CC1(C)SC2C(NC(=O)COc3ccccc3)C(=O)N2C1C(=O)O.CC1(C)SC2C(NC(=O)COc3ccccc3)C(=O)N2C1C(=O)O.CC1=C(C(=O)O)N2C(=O)C(NC(=O)COc3ccccc3)C2SC1.